The zero-order chi connectivity index (χ0) is 22.1. The average molecular weight is 469 g/mol. The molecule has 0 aromatic heterocycles. The number of benzene rings is 2. The number of likely N-dealkylation sites (tertiary alicyclic amines) is 1. The molecule has 6 nitrogen and oxygen atoms in total. The maximum Gasteiger partial charge on any atom is 0.264 e. The zero-order valence-electron chi connectivity index (χ0n) is 16.6. The number of aryl methyl sites for hydroxylation is 2. The highest BCUT2D eigenvalue weighted by Gasteiger charge is 2.50. The summed E-state index contributed by atoms with van der Waals surface area (Å²) in [6.45, 7) is 3.62. The standard InChI is InChI=1S/C21H22Cl2N2O4S/c1-14-5-3-4-6-18(14)30(28,29)24-20(27)21(2)11-12-25(21)19(26)10-8-15-7-9-16(22)13-17(15)23/h3-7,9,13H,8,10-12H2,1-2H3,(H,24,27). The molecule has 160 valence electrons. The minimum absolute atomic E-state index is 0.0385. The fraction of sp³-hybridized carbons (Fsp3) is 0.333. The SMILES string of the molecule is Cc1ccccc1S(=O)(=O)NC(=O)C1(C)CCN1C(=O)CCc1ccc(Cl)cc1Cl. The van der Waals surface area contributed by atoms with Gasteiger partial charge in [0, 0.05) is 23.0 Å². The van der Waals surface area contributed by atoms with Crippen molar-refractivity contribution in [1.82, 2.24) is 9.62 Å². The third-order valence-electron chi connectivity index (χ3n) is 5.44. The summed E-state index contributed by atoms with van der Waals surface area (Å²) in [5, 5.41) is 0.987. The largest absolute Gasteiger partial charge is 0.328 e. The third kappa shape index (κ3) is 4.48. The molecular weight excluding hydrogens is 447 g/mol. The van der Waals surface area contributed by atoms with Crippen molar-refractivity contribution in [3.05, 3.63) is 63.6 Å². The second-order valence-corrected chi connectivity index (χ2v) is 10.00. The topological polar surface area (TPSA) is 83.6 Å². The van der Waals surface area contributed by atoms with E-state index in [0.717, 1.165) is 5.56 Å². The molecule has 9 heteroatoms. The van der Waals surface area contributed by atoms with Gasteiger partial charge in [0.25, 0.3) is 15.9 Å². The second-order valence-electron chi connectivity index (χ2n) is 7.51. The van der Waals surface area contributed by atoms with Gasteiger partial charge in [0.15, 0.2) is 0 Å². The van der Waals surface area contributed by atoms with E-state index in [2.05, 4.69) is 4.72 Å². The van der Waals surface area contributed by atoms with Crippen LogP contribution in [0.5, 0.6) is 0 Å². The zero-order valence-corrected chi connectivity index (χ0v) is 18.9. The Balaban J connectivity index is 1.68. The van der Waals surface area contributed by atoms with E-state index in [0.29, 0.717) is 35.0 Å². The van der Waals surface area contributed by atoms with Crippen molar-refractivity contribution in [1.29, 1.82) is 0 Å². The predicted molar refractivity (Wildman–Crippen MR) is 116 cm³/mol. The molecule has 0 spiro atoms. The molecule has 2 aromatic rings. The van der Waals surface area contributed by atoms with Crippen molar-refractivity contribution in [2.24, 2.45) is 0 Å². The number of carbonyl (C=O) groups excluding carboxylic acids is 2. The Morgan fingerprint density at radius 1 is 1.17 bits per heavy atom. The fourth-order valence-corrected chi connectivity index (χ4v) is 5.27. The van der Waals surface area contributed by atoms with Gasteiger partial charge in [0.2, 0.25) is 5.91 Å². The number of amides is 2. The predicted octanol–water partition coefficient (Wildman–Crippen LogP) is 3.73. The van der Waals surface area contributed by atoms with Gasteiger partial charge in [-0.25, -0.2) is 13.1 Å². The molecule has 2 amide bonds. The van der Waals surface area contributed by atoms with Crippen molar-refractivity contribution >= 4 is 45.0 Å². The number of hydrogen-bond acceptors (Lipinski definition) is 4. The summed E-state index contributed by atoms with van der Waals surface area (Å²) in [5.41, 5.74) is 0.101. The van der Waals surface area contributed by atoms with Crippen molar-refractivity contribution in [3.63, 3.8) is 0 Å². The lowest BCUT2D eigenvalue weighted by atomic mass is 9.85. The van der Waals surface area contributed by atoms with E-state index in [1.807, 2.05) is 0 Å². The molecule has 1 aliphatic heterocycles. The summed E-state index contributed by atoms with van der Waals surface area (Å²) >= 11 is 12.0. The van der Waals surface area contributed by atoms with Crippen LogP contribution in [0.1, 0.15) is 30.9 Å². The maximum absolute atomic E-state index is 12.8. The summed E-state index contributed by atoms with van der Waals surface area (Å²) in [5.74, 6) is -0.951. The minimum atomic E-state index is -4.03. The van der Waals surface area contributed by atoms with Crippen molar-refractivity contribution in [3.8, 4) is 0 Å². The van der Waals surface area contributed by atoms with Crippen LogP contribution in [0.4, 0.5) is 0 Å². The molecule has 0 bridgehead atoms. The van der Waals surface area contributed by atoms with Crippen LogP contribution in [0.3, 0.4) is 0 Å². The highest BCUT2D eigenvalue weighted by molar-refractivity contribution is 7.90. The van der Waals surface area contributed by atoms with E-state index in [1.165, 1.54) is 11.0 Å². The fourth-order valence-electron chi connectivity index (χ4n) is 3.44. The number of hydrogen-bond donors (Lipinski definition) is 1. The van der Waals surface area contributed by atoms with E-state index in [4.69, 9.17) is 23.2 Å². The monoisotopic (exact) mass is 468 g/mol. The molecule has 1 atom stereocenters. The minimum Gasteiger partial charge on any atom is -0.328 e. The first-order valence-corrected chi connectivity index (χ1v) is 11.7. The van der Waals surface area contributed by atoms with Gasteiger partial charge in [-0.2, -0.15) is 0 Å². The third-order valence-corrected chi connectivity index (χ3v) is 7.52. The van der Waals surface area contributed by atoms with E-state index >= 15 is 0 Å². The van der Waals surface area contributed by atoms with Gasteiger partial charge in [-0.15, -0.1) is 0 Å². The molecule has 1 fully saturated rings. The van der Waals surface area contributed by atoms with E-state index in [9.17, 15) is 18.0 Å². The normalized spacial score (nSPS) is 18.6. The van der Waals surface area contributed by atoms with Crippen LogP contribution in [-0.2, 0) is 26.0 Å². The highest BCUT2D eigenvalue weighted by atomic mass is 35.5. The average Bonchev–Trinajstić information content (AvgIpc) is 2.65. The van der Waals surface area contributed by atoms with Crippen LogP contribution in [0.2, 0.25) is 10.0 Å². The van der Waals surface area contributed by atoms with Crippen LogP contribution < -0.4 is 4.72 Å². The number of nitrogens with zero attached hydrogens (tertiary/aromatic N) is 1. The van der Waals surface area contributed by atoms with Gasteiger partial charge in [-0.1, -0.05) is 47.5 Å². The van der Waals surface area contributed by atoms with Gasteiger partial charge in [0.1, 0.15) is 5.54 Å². The molecule has 0 saturated carbocycles. The summed E-state index contributed by atoms with van der Waals surface area (Å²) in [7, 11) is -4.03. The lowest BCUT2D eigenvalue weighted by Gasteiger charge is -2.49. The molecule has 0 aliphatic carbocycles. The smallest absolute Gasteiger partial charge is 0.264 e. The van der Waals surface area contributed by atoms with E-state index < -0.39 is 21.5 Å². The lowest BCUT2D eigenvalue weighted by molar-refractivity contribution is -0.156. The lowest BCUT2D eigenvalue weighted by Crippen LogP contribution is -2.67. The Labute approximate surface area is 186 Å². The Bertz CT molecular complexity index is 1100. The Kier molecular flexibility index (Phi) is 6.45. The molecule has 1 aliphatic rings. The van der Waals surface area contributed by atoms with Crippen LogP contribution >= 0.6 is 23.2 Å². The molecule has 1 heterocycles. The van der Waals surface area contributed by atoms with E-state index in [1.54, 1.807) is 50.2 Å². The molecule has 2 aromatic carbocycles. The van der Waals surface area contributed by atoms with Crippen LogP contribution in [0.15, 0.2) is 47.4 Å². The summed E-state index contributed by atoms with van der Waals surface area (Å²) in [4.78, 5) is 27.0. The first-order chi connectivity index (χ1) is 14.0. The van der Waals surface area contributed by atoms with E-state index in [-0.39, 0.29) is 17.2 Å². The van der Waals surface area contributed by atoms with Crippen molar-refractivity contribution < 1.29 is 18.0 Å². The van der Waals surface area contributed by atoms with Gasteiger partial charge in [-0.3, -0.25) is 9.59 Å². The first kappa shape index (κ1) is 22.6. The number of sulfonamides is 1. The second kappa shape index (κ2) is 8.57. The van der Waals surface area contributed by atoms with Gasteiger partial charge < -0.3 is 4.90 Å². The molecule has 3 rings (SSSR count). The molecule has 30 heavy (non-hydrogen) atoms. The molecule has 1 unspecified atom stereocenters. The van der Waals surface area contributed by atoms with Gasteiger partial charge in [0.05, 0.1) is 4.90 Å². The highest BCUT2D eigenvalue weighted by Crippen LogP contribution is 2.32. The van der Waals surface area contributed by atoms with Gasteiger partial charge in [-0.05, 0) is 56.0 Å². The molecule has 1 saturated heterocycles. The number of halogens is 2. The Morgan fingerprint density at radius 2 is 1.87 bits per heavy atom. The van der Waals surface area contributed by atoms with Crippen LogP contribution in [-0.4, -0.2) is 37.2 Å². The quantitative estimate of drug-likeness (QED) is 0.699. The maximum atomic E-state index is 12.8. The Morgan fingerprint density at radius 3 is 2.47 bits per heavy atom. The van der Waals surface area contributed by atoms with Crippen molar-refractivity contribution in [2.45, 2.75) is 43.5 Å². The number of nitrogens with one attached hydrogen (secondary N) is 1. The number of rotatable bonds is 6. The van der Waals surface area contributed by atoms with Crippen LogP contribution in [0.25, 0.3) is 0 Å². The molecule has 1 N–H and O–H groups in total. The van der Waals surface area contributed by atoms with Gasteiger partial charge >= 0.3 is 0 Å². The molecular formula is C21H22Cl2N2O4S. The van der Waals surface area contributed by atoms with Crippen LogP contribution in [0, 0.1) is 6.92 Å². The first-order valence-electron chi connectivity index (χ1n) is 9.42. The Hall–Kier alpha value is -2.09. The molecule has 0 radical (unpaired) electrons. The summed E-state index contributed by atoms with van der Waals surface area (Å²) in [6, 6.07) is 11.5. The summed E-state index contributed by atoms with van der Waals surface area (Å²) < 4.78 is 27.4. The summed E-state index contributed by atoms with van der Waals surface area (Å²) in [6.07, 6.45) is 0.925. The number of carbonyl (C=O) groups is 2. The van der Waals surface area contributed by atoms with Crippen molar-refractivity contribution in [2.75, 3.05) is 6.54 Å².